The van der Waals surface area contributed by atoms with Gasteiger partial charge in [0.15, 0.2) is 0 Å². The summed E-state index contributed by atoms with van der Waals surface area (Å²) < 4.78 is 10.0. The third-order valence-electron chi connectivity index (χ3n) is 3.85. The lowest BCUT2D eigenvalue weighted by atomic mass is 10.1. The molecule has 0 unspecified atom stereocenters. The number of anilines is 1. The molecule has 2 rings (SSSR count). The van der Waals surface area contributed by atoms with Gasteiger partial charge in [-0.15, -0.1) is 0 Å². The molecule has 0 N–H and O–H groups in total. The van der Waals surface area contributed by atoms with Crippen LogP contribution in [-0.4, -0.2) is 30.5 Å². The molecule has 0 saturated carbocycles. The van der Waals surface area contributed by atoms with Crippen molar-refractivity contribution in [3.05, 3.63) is 63.7 Å². The molecule has 1 amide bonds. The number of carbonyl (C=O) groups is 2. The molecule has 142 valence electrons. The number of nitrogens with zero attached hydrogens (tertiary/aromatic N) is 2. The number of amides is 1. The largest absolute Gasteiger partial charge is 0.497 e. The molecule has 0 heterocycles. The maximum absolute atomic E-state index is 12.2. The summed E-state index contributed by atoms with van der Waals surface area (Å²) in [6, 6.07) is 10.8. The fourth-order valence-electron chi connectivity index (χ4n) is 2.52. The van der Waals surface area contributed by atoms with Crippen LogP contribution >= 0.6 is 0 Å². The van der Waals surface area contributed by atoms with Gasteiger partial charge >= 0.3 is 5.97 Å². The number of nitro groups is 1. The van der Waals surface area contributed by atoms with Crippen LogP contribution in [0.25, 0.3) is 0 Å². The number of benzene rings is 2. The van der Waals surface area contributed by atoms with E-state index in [-0.39, 0.29) is 30.1 Å². The number of rotatable bonds is 7. The number of ether oxygens (including phenoxy) is 2. The zero-order chi connectivity index (χ0) is 20.0. The lowest BCUT2D eigenvalue weighted by Crippen LogP contribution is -2.28. The molecule has 2 aromatic rings. The Hall–Kier alpha value is -3.42. The van der Waals surface area contributed by atoms with Gasteiger partial charge in [-0.25, -0.2) is 4.79 Å². The zero-order valence-corrected chi connectivity index (χ0v) is 15.3. The van der Waals surface area contributed by atoms with E-state index < -0.39 is 16.8 Å². The Morgan fingerprint density at radius 1 is 1.15 bits per heavy atom. The molecule has 0 aliphatic carbocycles. The first-order valence-electron chi connectivity index (χ1n) is 8.24. The minimum Gasteiger partial charge on any atom is -0.497 e. The highest BCUT2D eigenvalue weighted by molar-refractivity contribution is 5.97. The smallest absolute Gasteiger partial charge is 0.338 e. The van der Waals surface area contributed by atoms with Gasteiger partial charge in [0.05, 0.1) is 30.7 Å². The molecule has 0 bridgehead atoms. The van der Waals surface area contributed by atoms with Gasteiger partial charge in [0, 0.05) is 13.0 Å². The first-order chi connectivity index (χ1) is 12.9. The van der Waals surface area contributed by atoms with Gasteiger partial charge in [0.25, 0.3) is 5.69 Å². The molecule has 0 aliphatic rings. The van der Waals surface area contributed by atoms with Crippen molar-refractivity contribution in [2.75, 3.05) is 18.6 Å². The molecule has 0 aliphatic heterocycles. The van der Waals surface area contributed by atoms with Crippen molar-refractivity contribution in [3.63, 3.8) is 0 Å². The number of esters is 1. The van der Waals surface area contributed by atoms with Crippen LogP contribution in [0.1, 0.15) is 29.8 Å². The third-order valence-corrected chi connectivity index (χ3v) is 3.85. The fourth-order valence-corrected chi connectivity index (χ4v) is 2.52. The predicted octanol–water partition coefficient (Wildman–Crippen LogP) is 3.33. The summed E-state index contributed by atoms with van der Waals surface area (Å²) in [7, 11) is 1.54. The number of hydrogen-bond acceptors (Lipinski definition) is 6. The van der Waals surface area contributed by atoms with Crippen molar-refractivity contribution in [2.24, 2.45) is 0 Å². The van der Waals surface area contributed by atoms with Gasteiger partial charge in [-0.2, -0.15) is 0 Å². The molecule has 8 heteroatoms. The second-order valence-corrected chi connectivity index (χ2v) is 5.63. The maximum Gasteiger partial charge on any atom is 0.338 e. The van der Waals surface area contributed by atoms with Gasteiger partial charge in [0.1, 0.15) is 11.4 Å². The lowest BCUT2D eigenvalue weighted by Gasteiger charge is -2.22. The monoisotopic (exact) mass is 372 g/mol. The maximum atomic E-state index is 12.2. The van der Waals surface area contributed by atoms with E-state index in [9.17, 15) is 19.7 Å². The molecule has 0 saturated heterocycles. The number of nitro benzene ring substituents is 1. The summed E-state index contributed by atoms with van der Waals surface area (Å²) in [4.78, 5) is 36.3. The van der Waals surface area contributed by atoms with E-state index in [0.29, 0.717) is 5.75 Å². The van der Waals surface area contributed by atoms with E-state index in [4.69, 9.17) is 9.47 Å². The van der Waals surface area contributed by atoms with E-state index in [2.05, 4.69) is 0 Å². The van der Waals surface area contributed by atoms with Gasteiger partial charge in [-0.1, -0.05) is 12.1 Å². The minimum absolute atomic E-state index is 0.0360. The quantitative estimate of drug-likeness (QED) is 0.420. The van der Waals surface area contributed by atoms with Gasteiger partial charge in [-0.05, 0) is 36.8 Å². The summed E-state index contributed by atoms with van der Waals surface area (Å²) in [6.45, 7) is 3.25. The zero-order valence-electron chi connectivity index (χ0n) is 15.3. The summed E-state index contributed by atoms with van der Waals surface area (Å²) in [5.74, 6) is -0.347. The van der Waals surface area contributed by atoms with E-state index in [0.717, 1.165) is 5.56 Å². The van der Waals surface area contributed by atoms with Crippen molar-refractivity contribution in [1.29, 1.82) is 0 Å². The van der Waals surface area contributed by atoms with Crippen LogP contribution in [-0.2, 0) is 16.1 Å². The van der Waals surface area contributed by atoms with Crippen LogP contribution in [0.15, 0.2) is 42.5 Å². The number of methoxy groups -OCH3 is 1. The van der Waals surface area contributed by atoms with Gasteiger partial charge < -0.3 is 14.4 Å². The lowest BCUT2D eigenvalue weighted by molar-refractivity contribution is -0.384. The van der Waals surface area contributed by atoms with Crippen molar-refractivity contribution >= 4 is 23.3 Å². The van der Waals surface area contributed by atoms with E-state index in [1.807, 2.05) is 0 Å². The van der Waals surface area contributed by atoms with Crippen molar-refractivity contribution in [3.8, 4) is 5.75 Å². The van der Waals surface area contributed by atoms with Crippen LogP contribution in [0.3, 0.4) is 0 Å². The summed E-state index contributed by atoms with van der Waals surface area (Å²) >= 11 is 0. The average molecular weight is 372 g/mol. The summed E-state index contributed by atoms with van der Waals surface area (Å²) in [5.41, 5.74) is 0.654. The SMILES string of the molecule is CCOC(=O)c1ccc([N+](=O)[O-])c(N(Cc2ccc(OC)cc2)C(C)=O)c1. The van der Waals surface area contributed by atoms with Crippen LogP contribution in [0.2, 0.25) is 0 Å². The normalized spacial score (nSPS) is 10.2. The molecule has 0 spiro atoms. The fraction of sp³-hybridized carbons (Fsp3) is 0.263. The Balaban J connectivity index is 2.46. The molecule has 8 nitrogen and oxygen atoms in total. The minimum atomic E-state index is -0.610. The molecule has 2 aromatic carbocycles. The van der Waals surface area contributed by atoms with Crippen LogP contribution < -0.4 is 9.64 Å². The van der Waals surface area contributed by atoms with Crippen molar-refractivity contribution in [1.82, 2.24) is 0 Å². The van der Waals surface area contributed by atoms with Crippen molar-refractivity contribution in [2.45, 2.75) is 20.4 Å². The van der Waals surface area contributed by atoms with Crippen molar-refractivity contribution < 1.29 is 24.0 Å². The molecular formula is C19H20N2O6. The number of carbonyl (C=O) groups excluding carboxylic acids is 2. The topological polar surface area (TPSA) is 99.0 Å². The standard InChI is InChI=1S/C19H20N2O6/c1-4-27-19(23)15-7-10-17(21(24)25)18(11-15)20(13(2)22)12-14-5-8-16(26-3)9-6-14/h5-11H,4,12H2,1-3H3. The van der Waals surface area contributed by atoms with E-state index >= 15 is 0 Å². The van der Waals surface area contributed by atoms with E-state index in [1.165, 1.54) is 30.0 Å². The molecule has 0 fully saturated rings. The highest BCUT2D eigenvalue weighted by atomic mass is 16.6. The molecule has 0 aromatic heterocycles. The molecule has 0 radical (unpaired) electrons. The average Bonchev–Trinajstić information content (AvgIpc) is 2.66. The Labute approximate surface area is 156 Å². The first-order valence-corrected chi connectivity index (χ1v) is 8.24. The predicted molar refractivity (Wildman–Crippen MR) is 98.9 cm³/mol. The van der Waals surface area contributed by atoms with E-state index in [1.54, 1.807) is 38.3 Å². The highest BCUT2D eigenvalue weighted by Gasteiger charge is 2.24. The van der Waals surface area contributed by atoms with Crippen LogP contribution in [0, 0.1) is 10.1 Å². The second kappa shape index (κ2) is 8.79. The molecule has 0 atom stereocenters. The first kappa shape index (κ1) is 19.9. The second-order valence-electron chi connectivity index (χ2n) is 5.63. The Kier molecular flexibility index (Phi) is 6.48. The molecular weight excluding hydrogens is 352 g/mol. The Bertz CT molecular complexity index is 848. The number of hydrogen-bond donors (Lipinski definition) is 0. The van der Waals surface area contributed by atoms with Gasteiger partial charge in [-0.3, -0.25) is 14.9 Å². The Morgan fingerprint density at radius 3 is 2.33 bits per heavy atom. The highest BCUT2D eigenvalue weighted by Crippen LogP contribution is 2.31. The summed E-state index contributed by atoms with van der Waals surface area (Å²) in [6.07, 6.45) is 0. The van der Waals surface area contributed by atoms with Crippen LogP contribution in [0.4, 0.5) is 11.4 Å². The Morgan fingerprint density at radius 2 is 1.81 bits per heavy atom. The molecule has 27 heavy (non-hydrogen) atoms. The van der Waals surface area contributed by atoms with Crippen LogP contribution in [0.5, 0.6) is 5.75 Å². The summed E-state index contributed by atoms with van der Waals surface area (Å²) in [5, 5.41) is 11.4. The van der Waals surface area contributed by atoms with Gasteiger partial charge in [0.2, 0.25) is 5.91 Å². The third kappa shape index (κ3) is 4.81.